The van der Waals surface area contributed by atoms with Gasteiger partial charge in [0.2, 0.25) is 17.7 Å². The monoisotopic (exact) mass is 383 g/mol. The molecule has 6 nitrogen and oxygen atoms in total. The van der Waals surface area contributed by atoms with Gasteiger partial charge in [-0.05, 0) is 30.9 Å². The van der Waals surface area contributed by atoms with Crippen LogP contribution in [-0.2, 0) is 20.8 Å². The fraction of sp³-hybridized carbons (Fsp3) is 0.591. The molecule has 3 aliphatic rings. The van der Waals surface area contributed by atoms with Crippen LogP contribution in [0.4, 0.5) is 5.69 Å². The molecule has 1 saturated carbocycles. The first-order valence-electron chi connectivity index (χ1n) is 10.5. The largest absolute Gasteiger partial charge is 0.339 e. The van der Waals surface area contributed by atoms with Crippen molar-refractivity contribution in [1.82, 2.24) is 9.80 Å². The third kappa shape index (κ3) is 3.52. The molecule has 28 heavy (non-hydrogen) atoms. The number of nitrogens with zero attached hydrogens (tertiary/aromatic N) is 3. The van der Waals surface area contributed by atoms with Crippen LogP contribution in [0, 0.1) is 11.8 Å². The molecule has 1 saturated heterocycles. The Kier molecular flexibility index (Phi) is 5.38. The Hall–Kier alpha value is -2.37. The van der Waals surface area contributed by atoms with Crippen molar-refractivity contribution in [2.75, 3.05) is 37.6 Å². The molecule has 2 heterocycles. The summed E-state index contributed by atoms with van der Waals surface area (Å²) >= 11 is 0. The fourth-order valence-corrected chi connectivity index (χ4v) is 4.97. The summed E-state index contributed by atoms with van der Waals surface area (Å²) in [6.07, 6.45) is 4.48. The molecule has 0 radical (unpaired) electrons. The van der Waals surface area contributed by atoms with E-state index in [1.54, 1.807) is 11.8 Å². The Morgan fingerprint density at radius 3 is 2.11 bits per heavy atom. The van der Waals surface area contributed by atoms with Crippen molar-refractivity contribution in [3.05, 3.63) is 29.8 Å². The summed E-state index contributed by atoms with van der Waals surface area (Å²) in [6, 6.07) is 8.09. The van der Waals surface area contributed by atoms with E-state index in [9.17, 15) is 14.4 Å². The van der Waals surface area contributed by atoms with Crippen LogP contribution in [-0.4, -0.2) is 60.2 Å². The van der Waals surface area contributed by atoms with Crippen LogP contribution in [0.3, 0.4) is 0 Å². The average molecular weight is 383 g/mol. The van der Waals surface area contributed by atoms with E-state index < -0.39 is 0 Å². The number of rotatable bonds is 2. The normalized spacial score (nSPS) is 24.8. The first-order valence-corrected chi connectivity index (χ1v) is 10.5. The zero-order chi connectivity index (χ0) is 19.7. The van der Waals surface area contributed by atoms with Gasteiger partial charge in [-0.3, -0.25) is 14.4 Å². The highest BCUT2D eigenvalue weighted by Gasteiger charge is 2.41. The lowest BCUT2D eigenvalue weighted by Gasteiger charge is -2.39. The summed E-state index contributed by atoms with van der Waals surface area (Å²) in [4.78, 5) is 43.8. The minimum atomic E-state index is -0.224. The van der Waals surface area contributed by atoms with Gasteiger partial charge in [0.15, 0.2) is 0 Å². The molecule has 0 spiro atoms. The maximum atomic E-state index is 13.4. The van der Waals surface area contributed by atoms with Crippen LogP contribution in [0.5, 0.6) is 0 Å². The van der Waals surface area contributed by atoms with Crippen molar-refractivity contribution in [3.8, 4) is 0 Å². The van der Waals surface area contributed by atoms with Gasteiger partial charge in [-0.1, -0.05) is 31.0 Å². The van der Waals surface area contributed by atoms with Crippen LogP contribution in [0.1, 0.15) is 38.2 Å². The Morgan fingerprint density at radius 2 is 1.43 bits per heavy atom. The second kappa shape index (κ2) is 7.94. The van der Waals surface area contributed by atoms with E-state index in [-0.39, 0.29) is 29.6 Å². The van der Waals surface area contributed by atoms with E-state index in [0.717, 1.165) is 37.8 Å². The molecule has 1 aromatic carbocycles. The average Bonchev–Trinajstić information content (AvgIpc) is 3.17. The van der Waals surface area contributed by atoms with Gasteiger partial charge in [0.25, 0.3) is 0 Å². The number of para-hydroxylation sites is 1. The van der Waals surface area contributed by atoms with Gasteiger partial charge >= 0.3 is 0 Å². The fourth-order valence-electron chi connectivity index (χ4n) is 4.97. The van der Waals surface area contributed by atoms with Gasteiger partial charge in [-0.15, -0.1) is 0 Å². The summed E-state index contributed by atoms with van der Waals surface area (Å²) in [6.45, 7) is 4.61. The molecule has 4 rings (SSSR count). The standard InChI is InChI=1S/C22H29N3O3/c1-16(26)23-12-14-24(15-13-23)21(27)18-7-3-4-8-19(18)22(28)25-11-10-17-6-2-5-9-20(17)25/h2,5-6,9,18-19H,3-4,7-8,10-15H2,1H3. The second-order valence-corrected chi connectivity index (χ2v) is 8.20. The number of benzene rings is 1. The number of hydrogen-bond donors (Lipinski definition) is 0. The van der Waals surface area contributed by atoms with Gasteiger partial charge in [0, 0.05) is 51.3 Å². The molecule has 6 heteroatoms. The lowest BCUT2D eigenvalue weighted by molar-refractivity contribution is -0.146. The van der Waals surface area contributed by atoms with Crippen molar-refractivity contribution < 1.29 is 14.4 Å². The Balaban J connectivity index is 1.47. The molecule has 2 fully saturated rings. The van der Waals surface area contributed by atoms with E-state index >= 15 is 0 Å². The molecule has 0 aromatic heterocycles. The quantitative estimate of drug-likeness (QED) is 0.786. The van der Waals surface area contributed by atoms with E-state index in [0.29, 0.717) is 32.7 Å². The number of amides is 3. The van der Waals surface area contributed by atoms with Crippen LogP contribution in [0.2, 0.25) is 0 Å². The van der Waals surface area contributed by atoms with Gasteiger partial charge in [0.05, 0.1) is 5.92 Å². The lowest BCUT2D eigenvalue weighted by Crippen LogP contribution is -2.53. The van der Waals surface area contributed by atoms with Crippen molar-refractivity contribution in [1.29, 1.82) is 0 Å². The molecule has 2 atom stereocenters. The maximum Gasteiger partial charge on any atom is 0.230 e. The highest BCUT2D eigenvalue weighted by atomic mass is 16.2. The third-order valence-corrected chi connectivity index (χ3v) is 6.59. The Bertz CT molecular complexity index is 770. The number of carbonyl (C=O) groups excluding carboxylic acids is 3. The Morgan fingerprint density at radius 1 is 0.821 bits per heavy atom. The minimum absolute atomic E-state index is 0.0607. The lowest BCUT2D eigenvalue weighted by atomic mass is 9.77. The minimum Gasteiger partial charge on any atom is -0.339 e. The first-order chi connectivity index (χ1) is 13.6. The Labute approximate surface area is 166 Å². The summed E-state index contributed by atoms with van der Waals surface area (Å²) in [7, 11) is 0. The SMILES string of the molecule is CC(=O)N1CCN(C(=O)C2CCCCC2C(=O)N2CCc3ccccc32)CC1. The molecular formula is C22H29N3O3. The maximum absolute atomic E-state index is 13.4. The molecule has 150 valence electrons. The topological polar surface area (TPSA) is 60.9 Å². The molecule has 3 amide bonds. The molecule has 0 bridgehead atoms. The number of fused-ring (bicyclic) bond motifs is 1. The summed E-state index contributed by atoms with van der Waals surface area (Å²) in [5, 5.41) is 0. The second-order valence-electron chi connectivity index (χ2n) is 8.20. The van der Waals surface area contributed by atoms with Crippen LogP contribution in [0.25, 0.3) is 0 Å². The van der Waals surface area contributed by atoms with E-state index in [2.05, 4.69) is 6.07 Å². The van der Waals surface area contributed by atoms with Crippen molar-refractivity contribution in [3.63, 3.8) is 0 Å². The van der Waals surface area contributed by atoms with Crippen molar-refractivity contribution >= 4 is 23.4 Å². The van der Waals surface area contributed by atoms with E-state index in [4.69, 9.17) is 0 Å². The third-order valence-electron chi connectivity index (χ3n) is 6.59. The molecule has 2 unspecified atom stereocenters. The van der Waals surface area contributed by atoms with Gasteiger partial charge in [-0.25, -0.2) is 0 Å². The molecule has 2 aliphatic heterocycles. The molecule has 1 aromatic rings. The number of carbonyl (C=O) groups is 3. The highest BCUT2D eigenvalue weighted by molar-refractivity contribution is 5.99. The smallest absolute Gasteiger partial charge is 0.230 e. The number of anilines is 1. The van der Waals surface area contributed by atoms with Crippen LogP contribution >= 0.6 is 0 Å². The number of hydrogen-bond acceptors (Lipinski definition) is 3. The van der Waals surface area contributed by atoms with E-state index in [1.165, 1.54) is 5.56 Å². The van der Waals surface area contributed by atoms with Crippen molar-refractivity contribution in [2.45, 2.75) is 39.0 Å². The van der Waals surface area contributed by atoms with Gasteiger partial charge in [-0.2, -0.15) is 0 Å². The molecule has 1 aliphatic carbocycles. The summed E-state index contributed by atoms with van der Waals surface area (Å²) in [5.74, 6) is -0.166. The first kappa shape index (κ1) is 19.0. The number of piperazine rings is 1. The predicted molar refractivity (Wildman–Crippen MR) is 107 cm³/mol. The summed E-state index contributed by atoms with van der Waals surface area (Å²) < 4.78 is 0. The van der Waals surface area contributed by atoms with E-state index in [1.807, 2.05) is 28.0 Å². The van der Waals surface area contributed by atoms with Crippen LogP contribution in [0.15, 0.2) is 24.3 Å². The van der Waals surface area contributed by atoms with Gasteiger partial charge < -0.3 is 14.7 Å². The molecular weight excluding hydrogens is 354 g/mol. The zero-order valence-corrected chi connectivity index (χ0v) is 16.6. The van der Waals surface area contributed by atoms with Crippen LogP contribution < -0.4 is 4.90 Å². The molecule has 0 N–H and O–H groups in total. The van der Waals surface area contributed by atoms with Gasteiger partial charge in [0.1, 0.15) is 0 Å². The zero-order valence-electron chi connectivity index (χ0n) is 16.6. The van der Waals surface area contributed by atoms with Crippen molar-refractivity contribution in [2.24, 2.45) is 11.8 Å². The summed E-state index contributed by atoms with van der Waals surface area (Å²) in [5.41, 5.74) is 2.23. The predicted octanol–water partition coefficient (Wildman–Crippen LogP) is 2.07. The highest BCUT2D eigenvalue weighted by Crippen LogP contribution is 2.36.